The summed E-state index contributed by atoms with van der Waals surface area (Å²) in [5.74, 6) is -0.589. The number of nitrogens with zero attached hydrogens (tertiary/aromatic N) is 1. The van der Waals surface area contributed by atoms with Crippen LogP contribution in [0.2, 0.25) is 0 Å². The molecule has 5 nitrogen and oxygen atoms in total. The molecule has 0 unspecified atom stereocenters. The average molecular weight is 379 g/mol. The van der Waals surface area contributed by atoms with Gasteiger partial charge in [-0.25, -0.2) is 4.98 Å². The Hall–Kier alpha value is -2.99. The number of carbonyl (C=O) groups excluding carboxylic acids is 2. The van der Waals surface area contributed by atoms with Gasteiger partial charge in [-0.15, -0.1) is 11.3 Å². The second-order valence-electron chi connectivity index (χ2n) is 6.39. The van der Waals surface area contributed by atoms with Gasteiger partial charge < -0.3 is 10.6 Å². The van der Waals surface area contributed by atoms with Crippen molar-refractivity contribution >= 4 is 45.1 Å². The molecule has 0 saturated heterocycles. The zero-order chi connectivity index (χ0) is 19.4. The van der Waals surface area contributed by atoms with Crippen molar-refractivity contribution in [1.29, 1.82) is 0 Å². The summed E-state index contributed by atoms with van der Waals surface area (Å²) in [5.41, 5.74) is 4.86. The van der Waals surface area contributed by atoms with Crippen LogP contribution < -0.4 is 10.6 Å². The third-order valence-corrected chi connectivity index (χ3v) is 5.05. The van der Waals surface area contributed by atoms with Crippen molar-refractivity contribution in [3.05, 3.63) is 64.2 Å². The molecule has 0 aliphatic carbocycles. The first-order valence-electron chi connectivity index (χ1n) is 8.61. The summed E-state index contributed by atoms with van der Waals surface area (Å²) < 4.78 is 1.07. The van der Waals surface area contributed by atoms with E-state index >= 15 is 0 Å². The number of hydrogen-bond donors (Lipinski definition) is 2. The van der Waals surface area contributed by atoms with Crippen LogP contribution in [0.1, 0.15) is 21.7 Å². The van der Waals surface area contributed by atoms with Gasteiger partial charge >= 0.3 is 0 Å². The molecule has 3 aromatic rings. The number of aromatic nitrogens is 1. The molecular weight excluding hydrogens is 358 g/mol. The van der Waals surface area contributed by atoms with E-state index in [1.807, 2.05) is 57.2 Å². The van der Waals surface area contributed by atoms with E-state index in [1.165, 1.54) is 17.4 Å². The van der Waals surface area contributed by atoms with E-state index in [1.54, 1.807) is 6.08 Å². The zero-order valence-corrected chi connectivity index (χ0v) is 16.3. The molecule has 0 aliphatic heterocycles. The van der Waals surface area contributed by atoms with Crippen LogP contribution in [0.3, 0.4) is 0 Å². The highest BCUT2D eigenvalue weighted by Crippen LogP contribution is 2.23. The maximum atomic E-state index is 12.1. The average Bonchev–Trinajstić information content (AvgIpc) is 3.04. The number of rotatable bonds is 5. The van der Waals surface area contributed by atoms with E-state index in [4.69, 9.17) is 0 Å². The Balaban J connectivity index is 1.55. The second-order valence-corrected chi connectivity index (χ2v) is 7.46. The molecule has 0 aliphatic rings. The smallest absolute Gasteiger partial charge is 0.244 e. The normalized spacial score (nSPS) is 11.1. The minimum absolute atomic E-state index is 0.0875. The summed E-state index contributed by atoms with van der Waals surface area (Å²) in [4.78, 5) is 28.5. The number of thiazole rings is 1. The van der Waals surface area contributed by atoms with Gasteiger partial charge in [0, 0.05) is 11.8 Å². The van der Waals surface area contributed by atoms with E-state index in [9.17, 15) is 9.59 Å². The first-order chi connectivity index (χ1) is 12.9. The number of nitrogens with one attached hydrogen (secondary N) is 2. The van der Waals surface area contributed by atoms with Gasteiger partial charge in [-0.2, -0.15) is 0 Å². The van der Waals surface area contributed by atoms with Gasteiger partial charge in [0.1, 0.15) is 5.01 Å². The number of carbonyl (C=O) groups is 2. The van der Waals surface area contributed by atoms with Crippen molar-refractivity contribution < 1.29 is 9.59 Å². The lowest BCUT2D eigenvalue weighted by Crippen LogP contribution is -2.32. The fraction of sp³-hybridized carbons (Fsp3) is 0.190. The molecule has 0 fully saturated rings. The fourth-order valence-electron chi connectivity index (χ4n) is 2.90. The number of hydrogen-bond acceptors (Lipinski definition) is 4. The predicted octanol–water partition coefficient (Wildman–Crippen LogP) is 3.99. The maximum absolute atomic E-state index is 12.1. The summed E-state index contributed by atoms with van der Waals surface area (Å²) in [5, 5.41) is 6.21. The minimum Gasteiger partial charge on any atom is -0.343 e. The Morgan fingerprint density at radius 3 is 2.52 bits per heavy atom. The zero-order valence-electron chi connectivity index (χ0n) is 15.5. The Morgan fingerprint density at radius 2 is 1.81 bits per heavy atom. The standard InChI is InChI=1S/C21H21N3O2S/c1-13-10-14(2)21(15(3)11-13)24-19(26)12-22-18(25)8-9-20-23-16-6-4-5-7-17(16)27-20/h4-11H,12H2,1-3H3,(H,22,25)(H,24,26). The largest absolute Gasteiger partial charge is 0.343 e. The molecule has 2 aromatic carbocycles. The summed E-state index contributed by atoms with van der Waals surface area (Å²) in [7, 11) is 0. The lowest BCUT2D eigenvalue weighted by atomic mass is 10.1. The van der Waals surface area contributed by atoms with E-state index in [0.29, 0.717) is 0 Å². The summed E-state index contributed by atoms with van der Waals surface area (Å²) in [6.45, 7) is 5.84. The summed E-state index contributed by atoms with van der Waals surface area (Å²) in [6, 6.07) is 11.8. The van der Waals surface area contributed by atoms with Gasteiger partial charge in [0.2, 0.25) is 11.8 Å². The van der Waals surface area contributed by atoms with Gasteiger partial charge in [0.25, 0.3) is 0 Å². The van der Waals surface area contributed by atoms with Crippen LogP contribution in [0.25, 0.3) is 16.3 Å². The van der Waals surface area contributed by atoms with E-state index in [0.717, 1.165) is 37.6 Å². The first kappa shape index (κ1) is 18.8. The molecule has 3 rings (SSSR count). The summed E-state index contributed by atoms with van der Waals surface area (Å²) >= 11 is 1.51. The van der Waals surface area contributed by atoms with Crippen molar-refractivity contribution in [2.24, 2.45) is 0 Å². The van der Waals surface area contributed by atoms with Crippen molar-refractivity contribution in [2.75, 3.05) is 11.9 Å². The fourth-order valence-corrected chi connectivity index (χ4v) is 3.77. The van der Waals surface area contributed by atoms with Crippen molar-refractivity contribution in [3.8, 4) is 0 Å². The summed E-state index contributed by atoms with van der Waals surface area (Å²) in [6.07, 6.45) is 3.06. The highest BCUT2D eigenvalue weighted by atomic mass is 32.1. The van der Waals surface area contributed by atoms with E-state index in [2.05, 4.69) is 15.6 Å². The number of amides is 2. The monoisotopic (exact) mass is 379 g/mol. The quantitative estimate of drug-likeness (QED) is 0.659. The highest BCUT2D eigenvalue weighted by molar-refractivity contribution is 7.19. The molecule has 2 amide bonds. The molecule has 6 heteroatoms. The van der Waals surface area contributed by atoms with Crippen LogP contribution in [0, 0.1) is 20.8 Å². The molecule has 27 heavy (non-hydrogen) atoms. The number of benzene rings is 2. The lowest BCUT2D eigenvalue weighted by Gasteiger charge is -2.12. The number of fused-ring (bicyclic) bond motifs is 1. The van der Waals surface area contributed by atoms with Gasteiger partial charge in [-0.1, -0.05) is 29.8 Å². The molecule has 0 radical (unpaired) electrons. The van der Waals surface area contributed by atoms with E-state index in [-0.39, 0.29) is 18.4 Å². The van der Waals surface area contributed by atoms with Crippen LogP contribution >= 0.6 is 11.3 Å². The number of aryl methyl sites for hydroxylation is 3. The topological polar surface area (TPSA) is 71.1 Å². The lowest BCUT2D eigenvalue weighted by molar-refractivity contribution is -0.121. The Bertz CT molecular complexity index is 981. The molecule has 0 atom stereocenters. The minimum atomic E-state index is -0.332. The van der Waals surface area contributed by atoms with Crippen LogP contribution in [0.5, 0.6) is 0 Å². The molecule has 1 aromatic heterocycles. The second kappa shape index (κ2) is 8.14. The SMILES string of the molecule is Cc1cc(C)c(NC(=O)CNC(=O)C=Cc2nc3ccccc3s2)c(C)c1. The van der Waals surface area contributed by atoms with Gasteiger partial charge in [0.15, 0.2) is 0 Å². The number of para-hydroxylation sites is 1. The molecular formula is C21H21N3O2S. The van der Waals surface area contributed by atoms with Crippen molar-refractivity contribution in [3.63, 3.8) is 0 Å². The molecule has 1 heterocycles. The van der Waals surface area contributed by atoms with Crippen LogP contribution in [-0.4, -0.2) is 23.3 Å². The third kappa shape index (κ3) is 4.80. The van der Waals surface area contributed by atoms with Crippen molar-refractivity contribution in [2.45, 2.75) is 20.8 Å². The Kier molecular flexibility index (Phi) is 5.66. The third-order valence-electron chi connectivity index (χ3n) is 4.05. The van der Waals surface area contributed by atoms with Crippen molar-refractivity contribution in [1.82, 2.24) is 10.3 Å². The van der Waals surface area contributed by atoms with Crippen LogP contribution in [0.4, 0.5) is 5.69 Å². The maximum Gasteiger partial charge on any atom is 0.244 e. The van der Waals surface area contributed by atoms with Crippen LogP contribution in [0.15, 0.2) is 42.5 Å². The molecule has 138 valence electrons. The Morgan fingerprint density at radius 1 is 1.11 bits per heavy atom. The highest BCUT2D eigenvalue weighted by Gasteiger charge is 2.09. The molecule has 2 N–H and O–H groups in total. The van der Waals surface area contributed by atoms with Gasteiger partial charge in [-0.05, 0) is 50.1 Å². The molecule has 0 spiro atoms. The van der Waals surface area contributed by atoms with E-state index < -0.39 is 0 Å². The molecule has 0 saturated carbocycles. The Labute approximate surface area is 162 Å². The van der Waals surface area contributed by atoms with Gasteiger partial charge in [0.05, 0.1) is 16.8 Å². The van der Waals surface area contributed by atoms with Gasteiger partial charge in [-0.3, -0.25) is 9.59 Å². The molecule has 0 bridgehead atoms. The van der Waals surface area contributed by atoms with Crippen LogP contribution in [-0.2, 0) is 9.59 Å². The predicted molar refractivity (Wildman–Crippen MR) is 111 cm³/mol. The first-order valence-corrected chi connectivity index (χ1v) is 9.43. The number of anilines is 1.